The molecule has 0 amide bonds. The van der Waals surface area contributed by atoms with Crippen molar-refractivity contribution in [2.45, 2.75) is 20.8 Å². The van der Waals surface area contributed by atoms with E-state index in [0.717, 1.165) is 17.4 Å². The van der Waals surface area contributed by atoms with Crippen molar-refractivity contribution in [1.82, 2.24) is 4.98 Å². The molecule has 0 radical (unpaired) electrons. The summed E-state index contributed by atoms with van der Waals surface area (Å²) >= 11 is 1.69. The zero-order valence-corrected chi connectivity index (χ0v) is 9.19. The predicted octanol–water partition coefficient (Wildman–Crippen LogP) is 1.58. The summed E-state index contributed by atoms with van der Waals surface area (Å²) in [5.74, 6) is 0. The van der Waals surface area contributed by atoms with Crippen LogP contribution in [0, 0.1) is 13.8 Å². The van der Waals surface area contributed by atoms with Crippen LogP contribution in [0.1, 0.15) is 17.5 Å². The molecule has 1 aromatic heterocycles. The largest absolute Gasteiger partial charge is 0.395 e. The molecule has 1 heterocycles. The molecule has 1 aromatic rings. The molecule has 4 heteroatoms. The molecule has 0 saturated heterocycles. The summed E-state index contributed by atoms with van der Waals surface area (Å²) < 4.78 is 0. The Labute approximate surface area is 83.0 Å². The van der Waals surface area contributed by atoms with Gasteiger partial charge in [0.1, 0.15) is 0 Å². The molecule has 1 rings (SSSR count). The highest BCUT2D eigenvalue weighted by molar-refractivity contribution is 7.15. The summed E-state index contributed by atoms with van der Waals surface area (Å²) in [5.41, 5.74) is 1.09. The predicted molar refractivity (Wildman–Crippen MR) is 56.6 cm³/mol. The molecule has 0 bridgehead atoms. The van der Waals surface area contributed by atoms with Crippen molar-refractivity contribution >= 4 is 16.5 Å². The van der Waals surface area contributed by atoms with E-state index in [9.17, 15) is 0 Å². The van der Waals surface area contributed by atoms with Gasteiger partial charge in [0.15, 0.2) is 5.13 Å². The van der Waals surface area contributed by atoms with Gasteiger partial charge in [-0.25, -0.2) is 4.98 Å². The highest BCUT2D eigenvalue weighted by Gasteiger charge is 2.09. The molecule has 0 aliphatic carbocycles. The second kappa shape index (κ2) is 4.58. The number of aromatic nitrogens is 1. The van der Waals surface area contributed by atoms with Gasteiger partial charge in [-0.05, 0) is 20.8 Å². The Bertz CT molecular complexity index is 253. The van der Waals surface area contributed by atoms with E-state index in [1.165, 1.54) is 4.88 Å². The third-order valence-electron chi connectivity index (χ3n) is 2.04. The molecular weight excluding hydrogens is 184 g/mol. The van der Waals surface area contributed by atoms with Crippen LogP contribution in [-0.2, 0) is 0 Å². The summed E-state index contributed by atoms with van der Waals surface area (Å²) in [6.07, 6.45) is 0. The van der Waals surface area contributed by atoms with E-state index in [0.29, 0.717) is 6.54 Å². The molecule has 0 atom stereocenters. The lowest BCUT2D eigenvalue weighted by molar-refractivity contribution is 0.302. The molecule has 0 saturated carbocycles. The van der Waals surface area contributed by atoms with Crippen LogP contribution in [-0.4, -0.2) is 29.8 Å². The first kappa shape index (κ1) is 10.5. The van der Waals surface area contributed by atoms with E-state index in [1.54, 1.807) is 11.3 Å². The van der Waals surface area contributed by atoms with E-state index in [2.05, 4.69) is 23.7 Å². The third-order valence-corrected chi connectivity index (χ3v) is 3.17. The minimum atomic E-state index is 0.186. The van der Waals surface area contributed by atoms with Gasteiger partial charge in [-0.2, -0.15) is 0 Å². The summed E-state index contributed by atoms with van der Waals surface area (Å²) in [5, 5.41) is 9.86. The monoisotopic (exact) mass is 200 g/mol. The molecule has 0 aliphatic heterocycles. The summed E-state index contributed by atoms with van der Waals surface area (Å²) in [7, 11) is 0. The van der Waals surface area contributed by atoms with Crippen LogP contribution in [0.5, 0.6) is 0 Å². The highest BCUT2D eigenvalue weighted by atomic mass is 32.1. The Balaban J connectivity index is 2.78. The van der Waals surface area contributed by atoms with Gasteiger partial charge in [0.05, 0.1) is 12.3 Å². The number of thiazole rings is 1. The van der Waals surface area contributed by atoms with E-state index in [-0.39, 0.29) is 6.61 Å². The molecule has 0 fully saturated rings. The van der Waals surface area contributed by atoms with Crippen molar-refractivity contribution in [2.75, 3.05) is 24.6 Å². The van der Waals surface area contributed by atoms with Crippen molar-refractivity contribution in [2.24, 2.45) is 0 Å². The Morgan fingerprint density at radius 2 is 2.15 bits per heavy atom. The minimum Gasteiger partial charge on any atom is -0.395 e. The van der Waals surface area contributed by atoms with Crippen LogP contribution in [0.25, 0.3) is 0 Å². The van der Waals surface area contributed by atoms with E-state index in [1.807, 2.05) is 6.92 Å². The number of aryl methyl sites for hydroxylation is 2. The van der Waals surface area contributed by atoms with Gasteiger partial charge < -0.3 is 10.0 Å². The standard InChI is InChI=1S/C9H16N2OS/c1-4-11(5-6-12)9-10-7(2)8(3)13-9/h12H,4-6H2,1-3H3. The molecule has 13 heavy (non-hydrogen) atoms. The molecule has 1 N–H and O–H groups in total. The molecule has 74 valence electrons. The lowest BCUT2D eigenvalue weighted by Gasteiger charge is -2.17. The quantitative estimate of drug-likeness (QED) is 0.801. The maximum atomic E-state index is 8.84. The van der Waals surface area contributed by atoms with Gasteiger partial charge in [0, 0.05) is 18.0 Å². The zero-order chi connectivity index (χ0) is 9.84. The maximum absolute atomic E-state index is 8.84. The van der Waals surface area contributed by atoms with Crippen LogP contribution < -0.4 is 4.90 Å². The topological polar surface area (TPSA) is 36.4 Å². The Morgan fingerprint density at radius 1 is 1.46 bits per heavy atom. The Kier molecular flexibility index (Phi) is 3.69. The van der Waals surface area contributed by atoms with Crippen LogP contribution in [0.15, 0.2) is 0 Å². The van der Waals surface area contributed by atoms with Crippen molar-refractivity contribution < 1.29 is 5.11 Å². The van der Waals surface area contributed by atoms with Gasteiger partial charge in [-0.15, -0.1) is 11.3 Å². The van der Waals surface area contributed by atoms with Gasteiger partial charge in [-0.3, -0.25) is 0 Å². The maximum Gasteiger partial charge on any atom is 0.185 e. The van der Waals surface area contributed by atoms with Crippen molar-refractivity contribution in [3.05, 3.63) is 10.6 Å². The number of hydrogen-bond acceptors (Lipinski definition) is 4. The lowest BCUT2D eigenvalue weighted by Crippen LogP contribution is -2.25. The number of likely N-dealkylation sites (N-methyl/N-ethyl adjacent to an activating group) is 1. The molecule has 3 nitrogen and oxygen atoms in total. The lowest BCUT2D eigenvalue weighted by atomic mass is 10.4. The number of aliphatic hydroxyl groups is 1. The summed E-state index contributed by atoms with van der Waals surface area (Å²) in [4.78, 5) is 7.78. The van der Waals surface area contributed by atoms with E-state index >= 15 is 0 Å². The average molecular weight is 200 g/mol. The fourth-order valence-electron chi connectivity index (χ4n) is 1.10. The first-order valence-corrected chi connectivity index (χ1v) is 5.30. The highest BCUT2D eigenvalue weighted by Crippen LogP contribution is 2.24. The summed E-state index contributed by atoms with van der Waals surface area (Å²) in [6, 6.07) is 0. The fourth-order valence-corrected chi connectivity index (χ4v) is 2.10. The van der Waals surface area contributed by atoms with Crippen LogP contribution >= 0.6 is 11.3 Å². The average Bonchev–Trinajstić information content (AvgIpc) is 2.43. The zero-order valence-electron chi connectivity index (χ0n) is 8.37. The minimum absolute atomic E-state index is 0.186. The Hall–Kier alpha value is -0.610. The third kappa shape index (κ3) is 2.42. The Morgan fingerprint density at radius 3 is 2.54 bits per heavy atom. The number of anilines is 1. The SMILES string of the molecule is CCN(CCO)c1nc(C)c(C)s1. The summed E-state index contributed by atoms with van der Waals surface area (Å²) in [6.45, 7) is 7.91. The fraction of sp³-hybridized carbons (Fsp3) is 0.667. The number of hydrogen-bond donors (Lipinski definition) is 1. The van der Waals surface area contributed by atoms with Gasteiger partial charge in [0.2, 0.25) is 0 Å². The second-order valence-electron chi connectivity index (χ2n) is 2.94. The molecule has 0 spiro atoms. The smallest absolute Gasteiger partial charge is 0.185 e. The normalized spacial score (nSPS) is 10.5. The molecule has 0 aliphatic rings. The van der Waals surface area contributed by atoms with Crippen LogP contribution in [0.3, 0.4) is 0 Å². The molecule has 0 unspecified atom stereocenters. The van der Waals surface area contributed by atoms with E-state index < -0.39 is 0 Å². The van der Waals surface area contributed by atoms with Gasteiger partial charge in [0.25, 0.3) is 0 Å². The van der Waals surface area contributed by atoms with E-state index in [4.69, 9.17) is 5.11 Å². The first-order chi connectivity index (χ1) is 6.19. The first-order valence-electron chi connectivity index (χ1n) is 4.48. The molecular formula is C9H16N2OS. The van der Waals surface area contributed by atoms with Crippen molar-refractivity contribution in [1.29, 1.82) is 0 Å². The van der Waals surface area contributed by atoms with Gasteiger partial charge >= 0.3 is 0 Å². The number of rotatable bonds is 4. The van der Waals surface area contributed by atoms with Gasteiger partial charge in [-0.1, -0.05) is 0 Å². The van der Waals surface area contributed by atoms with Crippen LogP contribution in [0.4, 0.5) is 5.13 Å². The number of aliphatic hydroxyl groups excluding tert-OH is 1. The van der Waals surface area contributed by atoms with Crippen molar-refractivity contribution in [3.63, 3.8) is 0 Å². The molecule has 0 aromatic carbocycles. The van der Waals surface area contributed by atoms with Crippen LogP contribution in [0.2, 0.25) is 0 Å². The number of nitrogens with zero attached hydrogens (tertiary/aromatic N) is 2. The second-order valence-corrected chi connectivity index (χ2v) is 4.12. The van der Waals surface area contributed by atoms with Crippen molar-refractivity contribution in [3.8, 4) is 0 Å².